The minimum Gasteiger partial charge on any atom is -0.569 e. The molecule has 21 heavy (non-hydrogen) atoms. The summed E-state index contributed by atoms with van der Waals surface area (Å²) >= 11 is 0. The first kappa shape index (κ1) is 16.2. The summed E-state index contributed by atoms with van der Waals surface area (Å²) in [6.45, 7) is -0.561. The smallest absolute Gasteiger partial charge is 0.341 e. The molecule has 1 N–H and O–H groups in total. The second-order valence-corrected chi connectivity index (χ2v) is 3.90. The minimum atomic E-state index is -1.03. The van der Waals surface area contributed by atoms with Crippen LogP contribution in [0.2, 0.25) is 0 Å². The molecular weight excluding hydrogens is 282 g/mol. The van der Waals surface area contributed by atoms with Crippen molar-refractivity contribution in [2.75, 3.05) is 20.4 Å². The van der Waals surface area contributed by atoms with Crippen LogP contribution in [0.4, 0.5) is 0 Å². The quantitative estimate of drug-likeness (QED) is 0.190. The number of ether oxygens (including phenoxy) is 1. The predicted octanol–water partition coefficient (Wildman–Crippen LogP) is 1.02. The summed E-state index contributed by atoms with van der Waals surface area (Å²) in [5.41, 5.74) is 0.346. The van der Waals surface area contributed by atoms with Gasteiger partial charge in [0.2, 0.25) is 5.28 Å². The molecule has 1 rings (SSSR count). The van der Waals surface area contributed by atoms with Crippen LogP contribution >= 0.6 is 0 Å². The Kier molecular flexibility index (Phi) is 6.45. The lowest BCUT2D eigenvalue weighted by molar-refractivity contribution is -0.706. The van der Waals surface area contributed by atoms with Crippen LogP contribution in [0.3, 0.4) is 0 Å². The summed E-state index contributed by atoms with van der Waals surface area (Å²) in [7, 11) is 1.35. The van der Waals surface area contributed by atoms with Crippen LogP contribution in [0.5, 0.6) is 0 Å². The molecule has 0 aliphatic carbocycles. The number of carboxylic acid groups (broad SMARTS) is 1. The Morgan fingerprint density at radius 3 is 2.67 bits per heavy atom. The molecule has 0 saturated carbocycles. The summed E-state index contributed by atoms with van der Waals surface area (Å²) in [4.78, 5) is 26.4. The standard InChI is InChI=1S/C12H15N3O6/c1-14(8-7-11(16)17)15(19)13-21-9-20-12(18)10-5-3-2-4-6-10/h2-6H,7-9H2,1H3,(H,16,17)/b15-13+. The third-order valence-electron chi connectivity index (χ3n) is 2.32. The SMILES string of the molecule is CN(CCC(=O)O)/[N+]([O-])=N\OCOC(=O)c1ccccc1. The van der Waals surface area contributed by atoms with Crippen molar-refractivity contribution >= 4 is 11.9 Å². The van der Waals surface area contributed by atoms with Crippen LogP contribution in [0.15, 0.2) is 35.6 Å². The van der Waals surface area contributed by atoms with E-state index in [2.05, 4.69) is 10.1 Å². The van der Waals surface area contributed by atoms with Crippen molar-refractivity contribution in [2.24, 2.45) is 5.28 Å². The summed E-state index contributed by atoms with van der Waals surface area (Å²) in [6.07, 6.45) is -0.215. The molecule has 0 aliphatic heterocycles. The molecule has 0 fully saturated rings. The molecule has 0 aliphatic rings. The number of aliphatic carboxylic acids is 1. The monoisotopic (exact) mass is 297 g/mol. The molecule has 1 aromatic carbocycles. The lowest BCUT2D eigenvalue weighted by Gasteiger charge is -2.11. The minimum absolute atomic E-state index is 0.0322. The molecule has 9 nitrogen and oxygen atoms in total. The Morgan fingerprint density at radius 1 is 1.38 bits per heavy atom. The van der Waals surface area contributed by atoms with Gasteiger partial charge in [0.05, 0.1) is 30.5 Å². The summed E-state index contributed by atoms with van der Waals surface area (Å²) in [6, 6.07) is 8.25. The van der Waals surface area contributed by atoms with E-state index in [0.29, 0.717) is 5.56 Å². The Hall–Kier alpha value is -2.84. The van der Waals surface area contributed by atoms with Crippen LogP contribution in [0, 0.1) is 5.21 Å². The maximum Gasteiger partial charge on any atom is 0.341 e. The van der Waals surface area contributed by atoms with E-state index in [1.807, 2.05) is 0 Å². The third kappa shape index (κ3) is 6.23. The second-order valence-electron chi connectivity index (χ2n) is 3.90. The molecule has 0 atom stereocenters. The molecular formula is C12H15N3O6. The first-order valence-corrected chi connectivity index (χ1v) is 5.96. The van der Waals surface area contributed by atoms with Crippen molar-refractivity contribution in [3.63, 3.8) is 0 Å². The van der Waals surface area contributed by atoms with Gasteiger partial charge in [-0.2, -0.15) is 0 Å². The molecule has 0 amide bonds. The lowest BCUT2D eigenvalue weighted by Crippen LogP contribution is -2.28. The molecule has 9 heteroatoms. The lowest BCUT2D eigenvalue weighted by atomic mass is 10.2. The van der Waals surface area contributed by atoms with Gasteiger partial charge in [0.25, 0.3) is 6.79 Å². The fraction of sp³-hybridized carbons (Fsp3) is 0.333. The zero-order valence-corrected chi connectivity index (χ0v) is 11.3. The molecule has 0 bridgehead atoms. The zero-order valence-electron chi connectivity index (χ0n) is 11.3. The number of nitrogens with zero attached hydrogens (tertiary/aromatic N) is 3. The van der Waals surface area contributed by atoms with Gasteiger partial charge < -0.3 is 19.9 Å². The summed E-state index contributed by atoms with van der Waals surface area (Å²) in [5, 5.41) is 23.8. The van der Waals surface area contributed by atoms with E-state index >= 15 is 0 Å². The van der Waals surface area contributed by atoms with E-state index in [1.165, 1.54) is 7.05 Å². The van der Waals surface area contributed by atoms with Crippen LogP contribution in [-0.2, 0) is 14.4 Å². The number of benzene rings is 1. The molecule has 1 aromatic rings. The number of carboxylic acids is 1. The van der Waals surface area contributed by atoms with Crippen LogP contribution in [0.25, 0.3) is 0 Å². The van der Waals surface area contributed by atoms with Gasteiger partial charge in [0.1, 0.15) is 0 Å². The number of hydrogen-bond acceptors (Lipinski definition) is 6. The van der Waals surface area contributed by atoms with Gasteiger partial charge in [-0.25, -0.2) is 4.79 Å². The zero-order chi connectivity index (χ0) is 15.7. The Morgan fingerprint density at radius 2 is 2.05 bits per heavy atom. The number of hydrazine groups is 1. The third-order valence-corrected chi connectivity index (χ3v) is 2.32. The molecule has 0 radical (unpaired) electrons. The second kappa shape index (κ2) is 8.35. The van der Waals surface area contributed by atoms with E-state index in [1.54, 1.807) is 30.3 Å². The highest BCUT2D eigenvalue weighted by Crippen LogP contribution is 2.01. The van der Waals surface area contributed by atoms with Crippen molar-refractivity contribution < 1.29 is 29.2 Å². The van der Waals surface area contributed by atoms with Crippen LogP contribution in [0.1, 0.15) is 16.8 Å². The van der Waals surface area contributed by atoms with E-state index in [9.17, 15) is 14.8 Å². The van der Waals surface area contributed by atoms with Gasteiger partial charge in [-0.15, -0.1) is 5.01 Å². The highest BCUT2D eigenvalue weighted by Gasteiger charge is 2.10. The molecule has 0 heterocycles. The Balaban J connectivity index is 2.30. The number of rotatable bonds is 8. The van der Waals surface area contributed by atoms with Crippen LogP contribution in [-0.4, -0.2) is 47.4 Å². The molecule has 0 spiro atoms. The topological polar surface area (TPSA) is 114 Å². The fourth-order valence-corrected chi connectivity index (χ4v) is 1.22. The van der Waals surface area contributed by atoms with Gasteiger partial charge in [0, 0.05) is 0 Å². The van der Waals surface area contributed by atoms with E-state index < -0.39 is 18.7 Å². The Labute approximate surface area is 120 Å². The van der Waals surface area contributed by atoms with Gasteiger partial charge in [-0.3, -0.25) is 4.79 Å². The average Bonchev–Trinajstić information content (AvgIpc) is 2.49. The van der Waals surface area contributed by atoms with Crippen molar-refractivity contribution in [1.29, 1.82) is 0 Å². The fourth-order valence-electron chi connectivity index (χ4n) is 1.22. The first-order valence-electron chi connectivity index (χ1n) is 5.96. The Bertz CT molecular complexity index is 505. The average molecular weight is 297 g/mol. The van der Waals surface area contributed by atoms with Gasteiger partial charge in [-0.05, 0) is 12.1 Å². The summed E-state index contributed by atoms with van der Waals surface area (Å²) < 4.78 is 4.72. The van der Waals surface area contributed by atoms with Crippen molar-refractivity contribution in [2.45, 2.75) is 6.42 Å². The normalized spacial score (nSPS) is 10.8. The highest BCUT2D eigenvalue weighted by atomic mass is 16.8. The van der Waals surface area contributed by atoms with Crippen molar-refractivity contribution in [1.82, 2.24) is 5.01 Å². The van der Waals surface area contributed by atoms with Gasteiger partial charge >= 0.3 is 11.9 Å². The number of carbonyl (C=O) groups is 2. The van der Waals surface area contributed by atoms with E-state index in [-0.39, 0.29) is 17.9 Å². The van der Waals surface area contributed by atoms with E-state index in [0.717, 1.165) is 5.01 Å². The van der Waals surface area contributed by atoms with Crippen molar-refractivity contribution in [3.8, 4) is 0 Å². The molecule has 114 valence electrons. The molecule has 0 unspecified atom stereocenters. The molecule has 0 saturated heterocycles. The van der Waals surface area contributed by atoms with Crippen LogP contribution < -0.4 is 0 Å². The maximum absolute atomic E-state index is 11.5. The first-order chi connectivity index (χ1) is 10.0. The van der Waals surface area contributed by atoms with E-state index in [4.69, 9.17) is 9.84 Å². The van der Waals surface area contributed by atoms with Gasteiger partial charge in [0.15, 0.2) is 0 Å². The van der Waals surface area contributed by atoms with Gasteiger partial charge in [-0.1, -0.05) is 18.2 Å². The molecule has 0 aromatic heterocycles. The predicted molar refractivity (Wildman–Crippen MR) is 68.7 cm³/mol. The number of hydrogen-bond donors (Lipinski definition) is 1. The highest BCUT2D eigenvalue weighted by molar-refractivity contribution is 5.89. The largest absolute Gasteiger partial charge is 0.569 e. The maximum atomic E-state index is 11.5. The summed E-state index contributed by atoms with van der Waals surface area (Å²) in [5.74, 6) is -1.64. The van der Waals surface area contributed by atoms with Crippen molar-refractivity contribution in [3.05, 3.63) is 41.1 Å². The number of carbonyl (C=O) groups excluding carboxylic acids is 1. The number of esters is 1.